The van der Waals surface area contributed by atoms with Crippen LogP contribution in [0.3, 0.4) is 0 Å². The molecule has 0 aliphatic rings. The second-order valence-electron chi connectivity index (χ2n) is 3.12. The predicted octanol–water partition coefficient (Wildman–Crippen LogP) is 1.57. The number of hydrogen-bond acceptors (Lipinski definition) is 2. The van der Waals surface area contributed by atoms with Crippen LogP contribution in [-0.4, -0.2) is 33.8 Å². The van der Waals surface area contributed by atoms with Gasteiger partial charge in [0.2, 0.25) is 0 Å². The molecule has 0 amide bonds. The highest BCUT2D eigenvalue weighted by molar-refractivity contribution is 14.1. The molecule has 4 nitrogen and oxygen atoms in total. The molecule has 15 heavy (non-hydrogen) atoms. The zero-order chi connectivity index (χ0) is 11.5. The highest BCUT2D eigenvalue weighted by Gasteiger charge is 2.11. The summed E-state index contributed by atoms with van der Waals surface area (Å²) in [5.74, 6) is 0. The minimum absolute atomic E-state index is 0.215. The third-order valence-corrected chi connectivity index (χ3v) is 3.40. The molecule has 0 unspecified atom stereocenters. The van der Waals surface area contributed by atoms with Crippen molar-refractivity contribution in [3.63, 3.8) is 0 Å². The van der Waals surface area contributed by atoms with E-state index in [0.717, 1.165) is 3.57 Å². The van der Waals surface area contributed by atoms with Gasteiger partial charge >= 0.3 is 0 Å². The van der Waals surface area contributed by atoms with Gasteiger partial charge in [-0.05, 0) is 40.8 Å². The molecule has 0 bridgehead atoms. The summed E-state index contributed by atoms with van der Waals surface area (Å²) in [5.41, 5.74) is 0. The van der Waals surface area contributed by atoms with Crippen LogP contribution < -0.4 is 0 Å². The first-order chi connectivity index (χ1) is 6.92. The van der Waals surface area contributed by atoms with Gasteiger partial charge in [-0.2, -0.15) is 8.42 Å². The van der Waals surface area contributed by atoms with Gasteiger partial charge in [-0.1, -0.05) is 6.07 Å². The van der Waals surface area contributed by atoms with E-state index in [0.29, 0.717) is 0 Å². The largest absolute Gasteiger partial charge is 0.368 e. The first kappa shape index (κ1) is 12.4. The average Bonchev–Trinajstić information content (AvgIpc) is 2.15. The molecule has 0 saturated carbocycles. The van der Waals surface area contributed by atoms with Crippen LogP contribution in [0.1, 0.15) is 0 Å². The van der Waals surface area contributed by atoms with E-state index in [1.165, 1.54) is 12.4 Å². The van der Waals surface area contributed by atoms with E-state index < -0.39 is 10.0 Å². The van der Waals surface area contributed by atoms with Crippen LogP contribution in [0.15, 0.2) is 33.6 Å². The van der Waals surface area contributed by atoms with E-state index in [1.807, 2.05) is 6.07 Å². The Hall–Kier alpha value is -0.630. The number of hydrogen-bond donors (Lipinski definition) is 0. The van der Waals surface area contributed by atoms with Gasteiger partial charge in [0.05, 0.1) is 4.90 Å². The van der Waals surface area contributed by atoms with Gasteiger partial charge in [0.25, 0.3) is 10.0 Å². The van der Waals surface area contributed by atoms with Crippen LogP contribution >= 0.6 is 22.6 Å². The van der Waals surface area contributed by atoms with E-state index in [2.05, 4.69) is 27.0 Å². The molecule has 1 aromatic rings. The van der Waals surface area contributed by atoms with Crippen molar-refractivity contribution in [2.24, 2.45) is 4.40 Å². The lowest BCUT2D eigenvalue weighted by Gasteiger charge is -2.03. The van der Waals surface area contributed by atoms with E-state index >= 15 is 0 Å². The number of halogens is 1. The fourth-order valence-corrected chi connectivity index (χ4v) is 2.56. The molecule has 0 aromatic heterocycles. The molecule has 0 heterocycles. The molecule has 1 rings (SSSR count). The van der Waals surface area contributed by atoms with Crippen LogP contribution in [0.4, 0.5) is 0 Å². The SMILES string of the molecule is CN(C)/C=N/S(=O)(=O)c1cccc(I)c1. The number of sulfonamides is 1. The lowest BCUT2D eigenvalue weighted by atomic mass is 10.4. The highest BCUT2D eigenvalue weighted by atomic mass is 127. The van der Waals surface area contributed by atoms with E-state index in [9.17, 15) is 8.42 Å². The predicted molar refractivity (Wildman–Crippen MR) is 68.5 cm³/mol. The van der Waals surface area contributed by atoms with Crippen molar-refractivity contribution in [2.75, 3.05) is 14.1 Å². The Bertz CT molecular complexity index is 469. The fraction of sp³-hybridized carbons (Fsp3) is 0.222. The van der Waals surface area contributed by atoms with Crippen molar-refractivity contribution in [1.82, 2.24) is 4.90 Å². The molecule has 0 atom stereocenters. The third kappa shape index (κ3) is 3.78. The van der Waals surface area contributed by atoms with Crippen LogP contribution in [0, 0.1) is 3.57 Å². The van der Waals surface area contributed by atoms with Crippen molar-refractivity contribution < 1.29 is 8.42 Å². The van der Waals surface area contributed by atoms with Crippen LogP contribution in [0.2, 0.25) is 0 Å². The van der Waals surface area contributed by atoms with Crippen molar-refractivity contribution >= 4 is 39.0 Å². The van der Waals surface area contributed by atoms with Gasteiger partial charge in [-0.25, -0.2) is 0 Å². The van der Waals surface area contributed by atoms with Crippen LogP contribution in [0.5, 0.6) is 0 Å². The summed E-state index contributed by atoms with van der Waals surface area (Å²) in [6.07, 6.45) is 1.27. The summed E-state index contributed by atoms with van der Waals surface area (Å²) >= 11 is 2.06. The smallest absolute Gasteiger partial charge is 0.283 e. The highest BCUT2D eigenvalue weighted by Crippen LogP contribution is 2.15. The molecule has 0 radical (unpaired) electrons. The average molecular weight is 338 g/mol. The maximum Gasteiger partial charge on any atom is 0.283 e. The zero-order valence-corrected chi connectivity index (χ0v) is 11.4. The van der Waals surface area contributed by atoms with Crippen LogP contribution in [0.25, 0.3) is 0 Å². The summed E-state index contributed by atoms with van der Waals surface area (Å²) < 4.78 is 27.7. The molecular formula is C9H11IN2O2S. The Labute approximate surface area is 103 Å². The maximum absolute atomic E-state index is 11.7. The van der Waals surface area contributed by atoms with E-state index in [4.69, 9.17) is 0 Å². The fourth-order valence-electron chi connectivity index (χ4n) is 0.845. The van der Waals surface area contributed by atoms with Crippen molar-refractivity contribution in [2.45, 2.75) is 4.90 Å². The molecule has 0 aliphatic heterocycles. The monoisotopic (exact) mass is 338 g/mol. The molecular weight excluding hydrogens is 327 g/mol. The maximum atomic E-state index is 11.7. The summed E-state index contributed by atoms with van der Waals surface area (Å²) in [6, 6.07) is 6.64. The zero-order valence-electron chi connectivity index (χ0n) is 8.38. The number of benzene rings is 1. The molecule has 0 spiro atoms. The van der Waals surface area contributed by atoms with Crippen LogP contribution in [-0.2, 0) is 10.0 Å². The third-order valence-electron chi connectivity index (χ3n) is 1.51. The molecule has 1 aromatic carbocycles. The van der Waals surface area contributed by atoms with E-state index in [-0.39, 0.29) is 4.90 Å². The molecule has 0 fully saturated rings. The number of nitrogens with zero attached hydrogens (tertiary/aromatic N) is 2. The standard InChI is InChI=1S/C9H11IN2O2S/c1-12(2)7-11-15(13,14)9-5-3-4-8(10)6-9/h3-7H,1-2H3/b11-7+. The second kappa shape index (κ2) is 4.93. The van der Waals surface area contributed by atoms with Crippen molar-refractivity contribution in [1.29, 1.82) is 0 Å². The van der Waals surface area contributed by atoms with E-state index in [1.54, 1.807) is 31.1 Å². The first-order valence-electron chi connectivity index (χ1n) is 4.14. The minimum atomic E-state index is -3.55. The Morgan fingerprint density at radius 2 is 2.07 bits per heavy atom. The minimum Gasteiger partial charge on any atom is -0.368 e. The summed E-state index contributed by atoms with van der Waals surface area (Å²) in [6.45, 7) is 0. The molecule has 82 valence electrons. The van der Waals surface area contributed by atoms with Crippen molar-refractivity contribution in [3.05, 3.63) is 27.8 Å². The van der Waals surface area contributed by atoms with Crippen molar-refractivity contribution in [3.8, 4) is 0 Å². The lowest BCUT2D eigenvalue weighted by molar-refractivity contribution is 0.594. The van der Waals surface area contributed by atoms with Gasteiger partial charge in [0.15, 0.2) is 0 Å². The molecule has 6 heteroatoms. The van der Waals surface area contributed by atoms with Gasteiger partial charge in [-0.3, -0.25) is 0 Å². The lowest BCUT2D eigenvalue weighted by Crippen LogP contribution is -2.10. The quantitative estimate of drug-likeness (QED) is 0.478. The van der Waals surface area contributed by atoms with Gasteiger partial charge < -0.3 is 4.90 Å². The first-order valence-corrected chi connectivity index (χ1v) is 6.66. The topological polar surface area (TPSA) is 49.7 Å². The summed E-state index contributed by atoms with van der Waals surface area (Å²) in [5, 5.41) is 0. The van der Waals surface area contributed by atoms with Gasteiger partial charge in [0.1, 0.15) is 6.34 Å². The molecule has 0 aliphatic carbocycles. The Balaban J connectivity index is 3.07. The second-order valence-corrected chi connectivity index (χ2v) is 5.99. The Morgan fingerprint density at radius 1 is 1.40 bits per heavy atom. The van der Waals surface area contributed by atoms with Gasteiger partial charge in [0, 0.05) is 17.7 Å². The normalized spacial score (nSPS) is 11.9. The summed E-state index contributed by atoms with van der Waals surface area (Å²) in [4.78, 5) is 1.79. The number of rotatable bonds is 3. The van der Waals surface area contributed by atoms with Gasteiger partial charge in [-0.15, -0.1) is 4.40 Å². The molecule has 0 saturated heterocycles. The Morgan fingerprint density at radius 3 is 2.60 bits per heavy atom. The molecule has 0 N–H and O–H groups in total. The Kier molecular flexibility index (Phi) is 4.09. The summed E-state index contributed by atoms with van der Waals surface area (Å²) in [7, 11) is -0.123.